The topological polar surface area (TPSA) is 70.6 Å². The minimum absolute atomic E-state index is 0.685. The summed E-state index contributed by atoms with van der Waals surface area (Å²) in [5.41, 5.74) is 2.61. The first-order valence-corrected chi connectivity index (χ1v) is 6.94. The second kappa shape index (κ2) is 4.93. The number of H-pyrrole nitrogens is 1. The monoisotopic (exact) mass is 274 g/mol. The van der Waals surface area contributed by atoms with Crippen LogP contribution in [-0.4, -0.2) is 32.0 Å². The van der Waals surface area contributed by atoms with Crippen LogP contribution in [0.5, 0.6) is 0 Å². The van der Waals surface area contributed by atoms with E-state index in [1.165, 1.54) is 6.33 Å². The average Bonchev–Trinajstić information content (AvgIpc) is 3.05. The molecule has 0 atom stereocenters. The van der Waals surface area contributed by atoms with Gasteiger partial charge in [0.2, 0.25) is 0 Å². The highest BCUT2D eigenvalue weighted by molar-refractivity contribution is 7.09. The summed E-state index contributed by atoms with van der Waals surface area (Å²) in [5, 5.41) is 3.26. The van der Waals surface area contributed by atoms with Crippen molar-refractivity contribution in [3.05, 3.63) is 28.7 Å². The molecule has 0 aliphatic carbocycles. The summed E-state index contributed by atoms with van der Waals surface area (Å²) < 4.78 is 0. The van der Waals surface area contributed by atoms with E-state index in [2.05, 4.69) is 42.1 Å². The second-order valence-corrected chi connectivity index (χ2v) is 5.18. The molecule has 0 aliphatic rings. The first kappa shape index (κ1) is 12.0. The van der Waals surface area contributed by atoms with Gasteiger partial charge in [0, 0.05) is 12.4 Å². The van der Waals surface area contributed by atoms with Crippen LogP contribution in [0.4, 0.5) is 5.82 Å². The van der Waals surface area contributed by atoms with Crippen LogP contribution in [-0.2, 0) is 13.0 Å². The number of anilines is 1. The van der Waals surface area contributed by atoms with Crippen molar-refractivity contribution >= 4 is 28.3 Å². The fraction of sp³-hybridized carbons (Fsp3) is 0.333. The number of rotatable bonds is 4. The zero-order valence-corrected chi connectivity index (χ0v) is 11.6. The number of hydrogen-bond acceptors (Lipinski definition) is 6. The fourth-order valence-corrected chi connectivity index (χ4v) is 2.68. The summed E-state index contributed by atoms with van der Waals surface area (Å²) in [4.78, 5) is 22.3. The lowest BCUT2D eigenvalue weighted by Gasteiger charge is -2.16. The van der Waals surface area contributed by atoms with Crippen LogP contribution in [0.15, 0.2) is 18.0 Å². The van der Waals surface area contributed by atoms with Gasteiger partial charge >= 0.3 is 0 Å². The Morgan fingerprint density at radius 3 is 3.00 bits per heavy atom. The molecule has 0 amide bonds. The van der Waals surface area contributed by atoms with Crippen LogP contribution in [0.1, 0.15) is 17.6 Å². The molecule has 98 valence electrons. The zero-order chi connectivity index (χ0) is 13.2. The third-order valence-corrected chi connectivity index (χ3v) is 3.91. The average molecular weight is 274 g/mol. The smallest absolute Gasteiger partial charge is 0.182 e. The molecule has 3 rings (SSSR count). The van der Waals surface area contributed by atoms with Gasteiger partial charge in [-0.3, -0.25) is 0 Å². The Labute approximate surface area is 114 Å². The Hall–Kier alpha value is -2.02. The van der Waals surface area contributed by atoms with Gasteiger partial charge in [0.05, 0.1) is 23.6 Å². The van der Waals surface area contributed by atoms with E-state index in [0.717, 1.165) is 35.0 Å². The summed E-state index contributed by atoms with van der Waals surface area (Å²) in [6.45, 7) is 2.84. The van der Waals surface area contributed by atoms with Gasteiger partial charge in [-0.2, -0.15) is 0 Å². The highest BCUT2D eigenvalue weighted by Gasteiger charge is 2.12. The molecule has 3 aromatic rings. The number of nitrogens with one attached hydrogen (secondary N) is 1. The first-order valence-electron chi connectivity index (χ1n) is 6.06. The van der Waals surface area contributed by atoms with Gasteiger partial charge in [0.15, 0.2) is 11.5 Å². The van der Waals surface area contributed by atoms with E-state index in [-0.39, 0.29) is 0 Å². The predicted octanol–water partition coefficient (Wildman–Crippen LogP) is 2.01. The Kier molecular flexibility index (Phi) is 3.12. The first-order chi connectivity index (χ1) is 9.28. The van der Waals surface area contributed by atoms with Gasteiger partial charge in [-0.25, -0.2) is 19.9 Å². The highest BCUT2D eigenvalue weighted by Crippen LogP contribution is 2.20. The molecule has 7 heteroatoms. The summed E-state index contributed by atoms with van der Waals surface area (Å²) >= 11 is 1.70. The van der Waals surface area contributed by atoms with Gasteiger partial charge in [-0.05, 0) is 6.42 Å². The number of aryl methyl sites for hydroxylation is 1. The Balaban J connectivity index is 1.87. The van der Waals surface area contributed by atoms with Crippen molar-refractivity contribution in [2.75, 3.05) is 11.9 Å². The highest BCUT2D eigenvalue weighted by atomic mass is 32.1. The van der Waals surface area contributed by atoms with Crippen molar-refractivity contribution in [3.63, 3.8) is 0 Å². The maximum absolute atomic E-state index is 4.57. The molecule has 3 aromatic heterocycles. The largest absolute Gasteiger partial charge is 0.352 e. The molecule has 6 nitrogen and oxygen atoms in total. The van der Waals surface area contributed by atoms with E-state index >= 15 is 0 Å². The van der Waals surface area contributed by atoms with E-state index in [1.807, 2.05) is 7.05 Å². The van der Waals surface area contributed by atoms with Crippen LogP contribution in [0.2, 0.25) is 0 Å². The molecule has 0 saturated heterocycles. The Bertz CT molecular complexity index is 688. The zero-order valence-electron chi connectivity index (χ0n) is 10.8. The van der Waals surface area contributed by atoms with Crippen molar-refractivity contribution in [3.8, 4) is 0 Å². The fourth-order valence-electron chi connectivity index (χ4n) is 1.94. The van der Waals surface area contributed by atoms with E-state index in [4.69, 9.17) is 0 Å². The van der Waals surface area contributed by atoms with E-state index in [1.54, 1.807) is 17.7 Å². The van der Waals surface area contributed by atoms with Gasteiger partial charge in [0.1, 0.15) is 11.8 Å². The minimum atomic E-state index is 0.685. The molecule has 0 unspecified atom stereocenters. The van der Waals surface area contributed by atoms with Crippen LogP contribution in [0, 0.1) is 0 Å². The van der Waals surface area contributed by atoms with Gasteiger partial charge in [-0.15, -0.1) is 11.3 Å². The number of imidazole rings is 1. The summed E-state index contributed by atoms with van der Waals surface area (Å²) in [7, 11) is 1.99. The van der Waals surface area contributed by atoms with Crippen molar-refractivity contribution < 1.29 is 0 Å². The maximum Gasteiger partial charge on any atom is 0.182 e. The third kappa shape index (κ3) is 2.28. The number of fused-ring (bicyclic) bond motifs is 1. The molecule has 0 spiro atoms. The Morgan fingerprint density at radius 2 is 2.21 bits per heavy atom. The summed E-state index contributed by atoms with van der Waals surface area (Å²) in [5.74, 6) is 0.841. The van der Waals surface area contributed by atoms with E-state index in [0.29, 0.717) is 5.65 Å². The molecule has 0 aliphatic heterocycles. The van der Waals surface area contributed by atoms with Gasteiger partial charge in [0.25, 0.3) is 0 Å². The number of hydrogen-bond donors (Lipinski definition) is 1. The molecule has 3 heterocycles. The quantitative estimate of drug-likeness (QED) is 0.788. The molecule has 0 saturated carbocycles. The lowest BCUT2D eigenvalue weighted by Crippen LogP contribution is -2.18. The molecule has 0 bridgehead atoms. The third-order valence-electron chi connectivity index (χ3n) is 2.87. The molecule has 0 radical (unpaired) electrons. The Morgan fingerprint density at radius 1 is 1.32 bits per heavy atom. The summed E-state index contributed by atoms with van der Waals surface area (Å²) in [6, 6.07) is 0. The van der Waals surface area contributed by atoms with Crippen molar-refractivity contribution in [1.82, 2.24) is 24.9 Å². The molecule has 0 aromatic carbocycles. The SMILES string of the molecule is CCc1nc(CN(C)c2ncnc3nc[nH]c23)cs1. The number of aromatic nitrogens is 5. The maximum atomic E-state index is 4.57. The minimum Gasteiger partial charge on any atom is -0.352 e. The normalized spacial score (nSPS) is 11.1. The molecule has 19 heavy (non-hydrogen) atoms. The number of aromatic amines is 1. The van der Waals surface area contributed by atoms with Gasteiger partial charge in [-0.1, -0.05) is 6.92 Å². The standard InChI is InChI=1S/C12H14N6S/c1-3-9-17-8(5-19-9)4-18(2)12-10-11(14-6-13-10)15-7-16-12/h5-7H,3-4H2,1-2H3,(H,13,14,15,16). The van der Waals surface area contributed by atoms with Crippen molar-refractivity contribution in [1.29, 1.82) is 0 Å². The van der Waals surface area contributed by atoms with Crippen molar-refractivity contribution in [2.45, 2.75) is 19.9 Å². The molecular weight excluding hydrogens is 260 g/mol. The van der Waals surface area contributed by atoms with Gasteiger partial charge < -0.3 is 9.88 Å². The van der Waals surface area contributed by atoms with E-state index < -0.39 is 0 Å². The molecule has 0 fully saturated rings. The second-order valence-electron chi connectivity index (χ2n) is 4.24. The lowest BCUT2D eigenvalue weighted by atomic mass is 10.4. The van der Waals surface area contributed by atoms with Crippen LogP contribution in [0.25, 0.3) is 11.2 Å². The van der Waals surface area contributed by atoms with Crippen LogP contribution >= 0.6 is 11.3 Å². The van der Waals surface area contributed by atoms with Crippen molar-refractivity contribution in [2.24, 2.45) is 0 Å². The molecular formula is C12H14N6S. The molecule has 1 N–H and O–H groups in total. The number of thiazole rings is 1. The number of nitrogens with zero attached hydrogens (tertiary/aromatic N) is 5. The van der Waals surface area contributed by atoms with Crippen LogP contribution in [0.3, 0.4) is 0 Å². The summed E-state index contributed by atoms with van der Waals surface area (Å²) in [6.07, 6.45) is 4.15. The predicted molar refractivity (Wildman–Crippen MR) is 75.3 cm³/mol. The lowest BCUT2D eigenvalue weighted by molar-refractivity contribution is 0.865. The van der Waals surface area contributed by atoms with E-state index in [9.17, 15) is 0 Å². The van der Waals surface area contributed by atoms with Crippen LogP contribution < -0.4 is 4.90 Å².